The number of ether oxygens (including phenoxy) is 1. The second kappa shape index (κ2) is 4.71. The SMILES string of the molecule is CC1N=CC=CC1OC1CCNCC1. The summed E-state index contributed by atoms with van der Waals surface area (Å²) < 4.78 is 6.00. The summed E-state index contributed by atoms with van der Waals surface area (Å²) in [4.78, 5) is 4.32. The normalized spacial score (nSPS) is 33.5. The summed E-state index contributed by atoms with van der Waals surface area (Å²) >= 11 is 0. The highest BCUT2D eigenvalue weighted by Crippen LogP contribution is 2.16. The molecular formula is C11H18N2O. The Labute approximate surface area is 85.2 Å². The Balaban J connectivity index is 1.83. The zero-order chi connectivity index (χ0) is 9.80. The van der Waals surface area contributed by atoms with Crippen LogP contribution in [0.15, 0.2) is 17.1 Å². The van der Waals surface area contributed by atoms with Crippen LogP contribution in [-0.4, -0.2) is 37.6 Å². The van der Waals surface area contributed by atoms with E-state index < -0.39 is 0 Å². The lowest BCUT2D eigenvalue weighted by Crippen LogP contribution is -2.37. The number of allylic oxidation sites excluding steroid dienone is 1. The number of piperidine rings is 1. The first kappa shape index (κ1) is 9.87. The Morgan fingerprint density at radius 2 is 2.14 bits per heavy atom. The molecule has 2 aliphatic heterocycles. The van der Waals surface area contributed by atoms with E-state index in [1.54, 1.807) is 0 Å². The van der Waals surface area contributed by atoms with Gasteiger partial charge >= 0.3 is 0 Å². The molecule has 2 atom stereocenters. The van der Waals surface area contributed by atoms with Crippen LogP contribution >= 0.6 is 0 Å². The highest BCUT2D eigenvalue weighted by atomic mass is 16.5. The molecule has 0 bridgehead atoms. The molecule has 2 aliphatic rings. The number of nitrogens with zero attached hydrogens (tertiary/aromatic N) is 1. The molecule has 2 rings (SSSR count). The van der Waals surface area contributed by atoms with Crippen LogP contribution in [0.25, 0.3) is 0 Å². The van der Waals surface area contributed by atoms with E-state index in [9.17, 15) is 0 Å². The molecule has 14 heavy (non-hydrogen) atoms. The summed E-state index contributed by atoms with van der Waals surface area (Å²) in [5, 5.41) is 3.34. The van der Waals surface area contributed by atoms with Crippen molar-refractivity contribution >= 4 is 6.21 Å². The van der Waals surface area contributed by atoms with Crippen molar-refractivity contribution in [2.24, 2.45) is 4.99 Å². The first-order valence-corrected chi connectivity index (χ1v) is 5.42. The number of hydrogen-bond acceptors (Lipinski definition) is 3. The fraction of sp³-hybridized carbons (Fsp3) is 0.727. The number of rotatable bonds is 2. The summed E-state index contributed by atoms with van der Waals surface area (Å²) in [7, 11) is 0. The van der Waals surface area contributed by atoms with Crippen LogP contribution in [0.5, 0.6) is 0 Å². The van der Waals surface area contributed by atoms with E-state index in [-0.39, 0.29) is 12.1 Å². The molecule has 2 unspecified atom stereocenters. The molecule has 1 fully saturated rings. The number of nitrogens with one attached hydrogen (secondary N) is 1. The maximum atomic E-state index is 6.00. The van der Waals surface area contributed by atoms with Crippen molar-refractivity contribution in [3.05, 3.63) is 12.2 Å². The molecule has 0 amide bonds. The Morgan fingerprint density at radius 1 is 1.36 bits per heavy atom. The van der Waals surface area contributed by atoms with Crippen LogP contribution in [0.3, 0.4) is 0 Å². The van der Waals surface area contributed by atoms with E-state index in [0.717, 1.165) is 25.9 Å². The first-order chi connectivity index (χ1) is 6.86. The van der Waals surface area contributed by atoms with Crippen molar-refractivity contribution in [3.8, 4) is 0 Å². The molecule has 0 saturated carbocycles. The predicted octanol–water partition coefficient (Wildman–Crippen LogP) is 1.15. The van der Waals surface area contributed by atoms with Gasteiger partial charge in [0.1, 0.15) is 0 Å². The second-order valence-corrected chi connectivity index (χ2v) is 3.97. The third-order valence-electron chi connectivity index (χ3n) is 2.82. The lowest BCUT2D eigenvalue weighted by atomic mass is 10.1. The molecule has 0 radical (unpaired) electrons. The molecule has 0 aromatic rings. The molecule has 3 nitrogen and oxygen atoms in total. The van der Waals surface area contributed by atoms with Gasteiger partial charge in [-0.2, -0.15) is 0 Å². The highest BCUT2D eigenvalue weighted by molar-refractivity contribution is 5.72. The lowest BCUT2D eigenvalue weighted by molar-refractivity contribution is -0.0118. The zero-order valence-electron chi connectivity index (χ0n) is 8.65. The summed E-state index contributed by atoms with van der Waals surface area (Å²) in [6.45, 7) is 4.27. The van der Waals surface area contributed by atoms with Gasteiger partial charge in [-0.1, -0.05) is 6.08 Å². The summed E-state index contributed by atoms with van der Waals surface area (Å²) in [5.74, 6) is 0. The number of hydrogen-bond donors (Lipinski definition) is 1. The van der Waals surface area contributed by atoms with Crippen LogP contribution in [0.2, 0.25) is 0 Å². The molecular weight excluding hydrogens is 176 g/mol. The molecule has 3 heteroatoms. The van der Waals surface area contributed by atoms with Crippen molar-refractivity contribution in [1.29, 1.82) is 0 Å². The maximum absolute atomic E-state index is 6.00. The average molecular weight is 194 g/mol. The molecule has 2 heterocycles. The van der Waals surface area contributed by atoms with Gasteiger partial charge in [0.15, 0.2) is 0 Å². The number of aliphatic imine (C=N–C) groups is 1. The molecule has 0 spiro atoms. The Kier molecular flexibility index (Phi) is 3.32. The van der Waals surface area contributed by atoms with E-state index in [1.165, 1.54) is 0 Å². The van der Waals surface area contributed by atoms with Crippen molar-refractivity contribution in [3.63, 3.8) is 0 Å². The summed E-state index contributed by atoms with van der Waals surface area (Å²) in [6.07, 6.45) is 8.80. The smallest absolute Gasteiger partial charge is 0.0983 e. The zero-order valence-corrected chi connectivity index (χ0v) is 8.65. The van der Waals surface area contributed by atoms with Crippen molar-refractivity contribution in [1.82, 2.24) is 5.32 Å². The molecule has 0 aromatic heterocycles. The van der Waals surface area contributed by atoms with Crippen molar-refractivity contribution in [2.75, 3.05) is 13.1 Å². The third kappa shape index (κ3) is 2.42. The van der Waals surface area contributed by atoms with Crippen molar-refractivity contribution in [2.45, 2.75) is 38.0 Å². The van der Waals surface area contributed by atoms with Gasteiger partial charge in [-0.3, -0.25) is 4.99 Å². The van der Waals surface area contributed by atoms with E-state index in [4.69, 9.17) is 4.74 Å². The van der Waals surface area contributed by atoms with Gasteiger partial charge in [-0.25, -0.2) is 0 Å². The first-order valence-electron chi connectivity index (χ1n) is 5.42. The molecule has 0 aliphatic carbocycles. The van der Waals surface area contributed by atoms with Gasteiger partial charge in [0.25, 0.3) is 0 Å². The predicted molar refractivity (Wildman–Crippen MR) is 57.9 cm³/mol. The van der Waals surface area contributed by atoms with Crippen molar-refractivity contribution < 1.29 is 4.74 Å². The van der Waals surface area contributed by atoms with Gasteiger partial charge in [0.2, 0.25) is 0 Å². The highest BCUT2D eigenvalue weighted by Gasteiger charge is 2.21. The minimum Gasteiger partial charge on any atom is -0.369 e. The van der Waals surface area contributed by atoms with E-state index in [1.807, 2.05) is 12.3 Å². The summed E-state index contributed by atoms with van der Waals surface area (Å²) in [6, 6.07) is 0.273. The quantitative estimate of drug-likeness (QED) is 0.715. The molecule has 78 valence electrons. The van der Waals surface area contributed by atoms with Gasteiger partial charge in [-0.05, 0) is 38.9 Å². The van der Waals surface area contributed by atoms with E-state index in [2.05, 4.69) is 23.3 Å². The standard InChI is InChI=1S/C11H18N2O/c1-9-11(3-2-6-13-9)14-10-4-7-12-8-5-10/h2-3,6,9-12H,4-5,7-8H2,1H3. The third-order valence-corrected chi connectivity index (χ3v) is 2.82. The van der Waals surface area contributed by atoms with E-state index >= 15 is 0 Å². The number of dihydropyridines is 1. The molecule has 1 saturated heterocycles. The van der Waals surface area contributed by atoms with E-state index in [0.29, 0.717) is 6.10 Å². The van der Waals surface area contributed by atoms with Crippen LogP contribution in [-0.2, 0) is 4.74 Å². The van der Waals surface area contributed by atoms with Crippen LogP contribution in [0, 0.1) is 0 Å². The largest absolute Gasteiger partial charge is 0.369 e. The minimum atomic E-state index is 0.183. The van der Waals surface area contributed by atoms with Gasteiger partial charge < -0.3 is 10.1 Å². The van der Waals surface area contributed by atoms with Gasteiger partial charge in [0.05, 0.1) is 18.2 Å². The van der Waals surface area contributed by atoms with Crippen LogP contribution in [0.4, 0.5) is 0 Å². The Morgan fingerprint density at radius 3 is 2.86 bits per heavy atom. The topological polar surface area (TPSA) is 33.6 Å². The van der Waals surface area contributed by atoms with Gasteiger partial charge in [0, 0.05) is 6.21 Å². The summed E-state index contributed by atoms with van der Waals surface area (Å²) in [5.41, 5.74) is 0. The van der Waals surface area contributed by atoms with Gasteiger partial charge in [-0.15, -0.1) is 0 Å². The maximum Gasteiger partial charge on any atom is 0.0983 e. The Hall–Kier alpha value is -0.670. The Bertz CT molecular complexity index is 231. The fourth-order valence-corrected chi connectivity index (χ4v) is 1.90. The fourth-order valence-electron chi connectivity index (χ4n) is 1.90. The minimum absolute atomic E-state index is 0.183. The molecule has 0 aromatic carbocycles. The second-order valence-electron chi connectivity index (χ2n) is 3.97. The average Bonchev–Trinajstić information content (AvgIpc) is 2.23. The monoisotopic (exact) mass is 194 g/mol. The molecule has 1 N–H and O–H groups in total. The lowest BCUT2D eigenvalue weighted by Gasteiger charge is -2.29. The van der Waals surface area contributed by atoms with Crippen LogP contribution < -0.4 is 5.32 Å². The van der Waals surface area contributed by atoms with Crippen LogP contribution in [0.1, 0.15) is 19.8 Å².